The van der Waals surface area contributed by atoms with Gasteiger partial charge in [0.05, 0.1) is 12.8 Å². The fourth-order valence-corrected chi connectivity index (χ4v) is 4.17. The number of rotatable bonds is 3. The van der Waals surface area contributed by atoms with E-state index in [0.29, 0.717) is 13.0 Å². The molecule has 0 spiro atoms. The smallest absolute Gasteiger partial charge is 0.260 e. The van der Waals surface area contributed by atoms with E-state index in [2.05, 4.69) is 5.10 Å². The summed E-state index contributed by atoms with van der Waals surface area (Å²) in [6, 6.07) is 1.18. The van der Waals surface area contributed by atoms with E-state index in [1.807, 2.05) is 0 Å². The van der Waals surface area contributed by atoms with Crippen molar-refractivity contribution in [2.24, 2.45) is 7.05 Å². The summed E-state index contributed by atoms with van der Waals surface area (Å²) in [5, 5.41) is 13.5. The summed E-state index contributed by atoms with van der Waals surface area (Å²) in [6.45, 7) is 0.343. The second-order valence-corrected chi connectivity index (χ2v) is 6.43. The van der Waals surface area contributed by atoms with Gasteiger partial charge in [-0.2, -0.15) is 9.40 Å². The minimum atomic E-state index is -3.56. The fraction of sp³-hybridized carbons (Fsp3) is 0.727. The molecular weight excluding hydrogens is 254 g/mol. The molecule has 1 aromatic rings. The van der Waals surface area contributed by atoms with Crippen molar-refractivity contribution in [2.75, 3.05) is 13.2 Å². The normalized spacial score (nSPS) is 22.9. The summed E-state index contributed by atoms with van der Waals surface area (Å²) in [5.41, 5.74) is 0. The molecule has 2 heterocycles. The largest absolute Gasteiger partial charge is 0.395 e. The van der Waals surface area contributed by atoms with E-state index in [9.17, 15) is 13.5 Å². The van der Waals surface area contributed by atoms with Gasteiger partial charge in [-0.3, -0.25) is 4.68 Å². The van der Waals surface area contributed by atoms with Crippen LogP contribution in [0.2, 0.25) is 0 Å². The highest BCUT2D eigenvalue weighted by atomic mass is 32.2. The average Bonchev–Trinajstić information content (AvgIpc) is 2.65. The van der Waals surface area contributed by atoms with E-state index < -0.39 is 10.0 Å². The predicted octanol–water partition coefficient (Wildman–Crippen LogP) is 0.346. The maximum atomic E-state index is 12.5. The van der Waals surface area contributed by atoms with Gasteiger partial charge in [-0.1, -0.05) is 12.8 Å². The topological polar surface area (TPSA) is 75.4 Å². The molecule has 1 N–H and O–H groups in total. The molecule has 0 saturated carbocycles. The average molecular weight is 273 g/mol. The Morgan fingerprint density at radius 3 is 2.83 bits per heavy atom. The molecule has 1 aliphatic heterocycles. The minimum Gasteiger partial charge on any atom is -0.395 e. The summed E-state index contributed by atoms with van der Waals surface area (Å²) < 4.78 is 27.9. The number of hydrogen-bond donors (Lipinski definition) is 1. The molecular formula is C11H19N3O3S. The lowest BCUT2D eigenvalue weighted by Gasteiger charge is -2.27. The number of aliphatic hydroxyl groups excluding tert-OH is 1. The first-order chi connectivity index (χ1) is 8.57. The highest BCUT2D eigenvalue weighted by Gasteiger charge is 2.33. The van der Waals surface area contributed by atoms with E-state index in [1.54, 1.807) is 7.05 Å². The van der Waals surface area contributed by atoms with Crippen LogP contribution in [0.4, 0.5) is 0 Å². The molecule has 6 nitrogen and oxygen atoms in total. The SMILES string of the molecule is Cn1nccc1S(=O)(=O)N1CCCCCC1CO. The van der Waals surface area contributed by atoms with Crippen LogP contribution in [-0.4, -0.2) is 46.8 Å². The summed E-state index contributed by atoms with van der Waals surface area (Å²) in [4.78, 5) is 0. The Labute approximate surface area is 107 Å². The van der Waals surface area contributed by atoms with E-state index in [4.69, 9.17) is 0 Å². The Kier molecular flexibility index (Phi) is 4.04. The summed E-state index contributed by atoms with van der Waals surface area (Å²) in [6.07, 6.45) is 5.00. The van der Waals surface area contributed by atoms with Crippen LogP contribution in [0, 0.1) is 0 Å². The van der Waals surface area contributed by atoms with Crippen molar-refractivity contribution in [3.8, 4) is 0 Å². The molecule has 1 saturated heterocycles. The number of nitrogens with zero attached hydrogens (tertiary/aromatic N) is 3. The van der Waals surface area contributed by atoms with Crippen LogP contribution in [0.5, 0.6) is 0 Å². The monoisotopic (exact) mass is 273 g/mol. The van der Waals surface area contributed by atoms with Crippen LogP contribution >= 0.6 is 0 Å². The molecule has 1 unspecified atom stereocenters. The number of aryl methyl sites for hydroxylation is 1. The number of sulfonamides is 1. The van der Waals surface area contributed by atoms with Crippen LogP contribution in [0.3, 0.4) is 0 Å². The standard InChI is InChI=1S/C11H19N3O3S/c1-13-11(6-7-12-13)18(16,17)14-8-4-2-3-5-10(14)9-15/h6-7,10,15H,2-5,8-9H2,1H3. The maximum absolute atomic E-state index is 12.5. The van der Waals surface area contributed by atoms with Gasteiger partial charge < -0.3 is 5.11 Å². The van der Waals surface area contributed by atoms with Gasteiger partial charge in [0.15, 0.2) is 5.03 Å². The number of aromatic nitrogens is 2. The highest BCUT2D eigenvalue weighted by molar-refractivity contribution is 7.89. The lowest BCUT2D eigenvalue weighted by atomic mass is 10.1. The summed E-state index contributed by atoms with van der Waals surface area (Å²) in [7, 11) is -1.95. The van der Waals surface area contributed by atoms with Crippen molar-refractivity contribution in [2.45, 2.75) is 36.8 Å². The molecule has 102 valence electrons. The Hall–Kier alpha value is -0.920. The lowest BCUT2D eigenvalue weighted by Crippen LogP contribution is -2.42. The van der Waals surface area contributed by atoms with Crippen LogP contribution in [0.15, 0.2) is 17.3 Å². The van der Waals surface area contributed by atoms with Crippen LogP contribution < -0.4 is 0 Å². The molecule has 0 bridgehead atoms. The molecule has 0 aromatic carbocycles. The Bertz CT molecular complexity index is 497. The molecule has 7 heteroatoms. The zero-order valence-corrected chi connectivity index (χ0v) is 11.3. The first kappa shape index (κ1) is 13.5. The van der Waals surface area contributed by atoms with Crippen LogP contribution in [0.25, 0.3) is 0 Å². The fourth-order valence-electron chi connectivity index (χ4n) is 2.38. The third kappa shape index (κ3) is 2.43. The third-order valence-electron chi connectivity index (χ3n) is 3.38. The molecule has 18 heavy (non-hydrogen) atoms. The molecule has 0 amide bonds. The maximum Gasteiger partial charge on any atom is 0.260 e. The Balaban J connectivity index is 2.35. The van der Waals surface area contributed by atoms with Crippen LogP contribution in [0.1, 0.15) is 25.7 Å². The molecule has 1 fully saturated rings. The van der Waals surface area contributed by atoms with Crippen molar-refractivity contribution in [1.82, 2.24) is 14.1 Å². The van der Waals surface area contributed by atoms with Crippen molar-refractivity contribution in [3.05, 3.63) is 12.3 Å². The van der Waals surface area contributed by atoms with Gasteiger partial charge >= 0.3 is 0 Å². The van der Waals surface area contributed by atoms with Crippen molar-refractivity contribution in [3.63, 3.8) is 0 Å². The Morgan fingerprint density at radius 1 is 1.44 bits per heavy atom. The lowest BCUT2D eigenvalue weighted by molar-refractivity contribution is 0.186. The first-order valence-corrected chi connectivity index (χ1v) is 7.62. The first-order valence-electron chi connectivity index (χ1n) is 6.18. The second-order valence-electron chi connectivity index (χ2n) is 4.59. The zero-order valence-electron chi connectivity index (χ0n) is 10.5. The third-order valence-corrected chi connectivity index (χ3v) is 5.41. The second kappa shape index (κ2) is 5.38. The van der Waals surface area contributed by atoms with Gasteiger partial charge in [-0.25, -0.2) is 8.42 Å². The minimum absolute atomic E-state index is 0.128. The molecule has 1 aromatic heterocycles. The van der Waals surface area contributed by atoms with E-state index in [-0.39, 0.29) is 17.7 Å². The van der Waals surface area contributed by atoms with Gasteiger partial charge in [0.2, 0.25) is 0 Å². The van der Waals surface area contributed by atoms with Gasteiger partial charge in [0, 0.05) is 19.6 Å². The molecule has 1 aliphatic rings. The quantitative estimate of drug-likeness (QED) is 0.862. The summed E-state index contributed by atoms with van der Waals surface area (Å²) >= 11 is 0. The zero-order chi connectivity index (χ0) is 13.2. The van der Waals surface area contributed by atoms with E-state index >= 15 is 0 Å². The molecule has 0 radical (unpaired) electrons. The molecule has 1 atom stereocenters. The number of aliphatic hydroxyl groups is 1. The highest BCUT2D eigenvalue weighted by Crippen LogP contribution is 2.24. The van der Waals surface area contributed by atoms with Gasteiger partial charge in [-0.15, -0.1) is 0 Å². The number of hydrogen-bond acceptors (Lipinski definition) is 4. The van der Waals surface area contributed by atoms with E-state index in [0.717, 1.165) is 19.3 Å². The molecule has 2 rings (SSSR count). The van der Waals surface area contributed by atoms with Crippen LogP contribution in [-0.2, 0) is 17.1 Å². The van der Waals surface area contributed by atoms with Crippen molar-refractivity contribution >= 4 is 10.0 Å². The van der Waals surface area contributed by atoms with Crippen molar-refractivity contribution < 1.29 is 13.5 Å². The van der Waals surface area contributed by atoms with Gasteiger partial charge in [0.1, 0.15) is 0 Å². The van der Waals surface area contributed by atoms with Gasteiger partial charge in [0.25, 0.3) is 10.0 Å². The van der Waals surface area contributed by atoms with Crippen molar-refractivity contribution in [1.29, 1.82) is 0 Å². The molecule has 0 aliphatic carbocycles. The summed E-state index contributed by atoms with van der Waals surface area (Å²) in [5.74, 6) is 0. The van der Waals surface area contributed by atoms with E-state index in [1.165, 1.54) is 21.3 Å². The predicted molar refractivity (Wildman–Crippen MR) is 66.4 cm³/mol. The van der Waals surface area contributed by atoms with Gasteiger partial charge in [-0.05, 0) is 18.9 Å². The Morgan fingerprint density at radius 2 is 2.22 bits per heavy atom.